The molecule has 3 rings (SSSR count). The van der Waals surface area contributed by atoms with E-state index in [9.17, 15) is 8.42 Å². The SMILES string of the molecule is CCOc1cccnc1S(=O)(=O)N1CCC(F)(c2cccc(C)c2)C1. The first-order valence-corrected chi connectivity index (χ1v) is 9.65. The maximum atomic E-state index is 15.4. The molecule has 0 aliphatic carbocycles. The minimum absolute atomic E-state index is 0.106. The Morgan fingerprint density at radius 3 is 2.84 bits per heavy atom. The fourth-order valence-electron chi connectivity index (χ4n) is 3.06. The Hall–Kier alpha value is -1.99. The van der Waals surface area contributed by atoms with Gasteiger partial charge in [0.15, 0.2) is 11.4 Å². The number of aryl methyl sites for hydroxylation is 1. The highest BCUT2D eigenvalue weighted by atomic mass is 32.2. The summed E-state index contributed by atoms with van der Waals surface area (Å²) in [6, 6.07) is 10.3. The second kappa shape index (κ2) is 6.72. The zero-order valence-corrected chi connectivity index (χ0v) is 15.1. The van der Waals surface area contributed by atoms with Gasteiger partial charge in [0, 0.05) is 19.2 Å². The highest BCUT2D eigenvalue weighted by molar-refractivity contribution is 7.89. The molecule has 0 radical (unpaired) electrons. The average molecular weight is 364 g/mol. The summed E-state index contributed by atoms with van der Waals surface area (Å²) in [5.74, 6) is 0.192. The Bertz CT molecular complexity index is 872. The lowest BCUT2D eigenvalue weighted by molar-refractivity contribution is 0.183. The molecule has 0 saturated carbocycles. The van der Waals surface area contributed by atoms with E-state index in [1.807, 2.05) is 13.0 Å². The summed E-state index contributed by atoms with van der Waals surface area (Å²) in [5.41, 5.74) is -0.241. The van der Waals surface area contributed by atoms with Crippen LogP contribution in [0.25, 0.3) is 0 Å². The van der Waals surface area contributed by atoms with Crippen LogP contribution < -0.4 is 4.74 Å². The molecule has 25 heavy (non-hydrogen) atoms. The number of hydrogen-bond acceptors (Lipinski definition) is 4. The largest absolute Gasteiger partial charge is 0.491 e. The Morgan fingerprint density at radius 1 is 1.32 bits per heavy atom. The topological polar surface area (TPSA) is 59.5 Å². The molecule has 1 aliphatic heterocycles. The molecule has 0 N–H and O–H groups in total. The van der Waals surface area contributed by atoms with Crippen molar-refractivity contribution in [3.63, 3.8) is 0 Å². The molecule has 0 amide bonds. The van der Waals surface area contributed by atoms with Gasteiger partial charge in [-0.05, 0) is 31.5 Å². The zero-order valence-electron chi connectivity index (χ0n) is 14.3. The number of benzene rings is 1. The van der Waals surface area contributed by atoms with Crippen LogP contribution in [0.4, 0.5) is 4.39 Å². The molecular weight excluding hydrogens is 343 g/mol. The Kier molecular flexibility index (Phi) is 4.79. The van der Waals surface area contributed by atoms with Crippen molar-refractivity contribution in [1.29, 1.82) is 0 Å². The molecule has 1 atom stereocenters. The highest BCUT2D eigenvalue weighted by Gasteiger charge is 2.45. The van der Waals surface area contributed by atoms with Gasteiger partial charge in [-0.25, -0.2) is 17.8 Å². The molecule has 1 aromatic carbocycles. The van der Waals surface area contributed by atoms with E-state index in [1.54, 1.807) is 37.3 Å². The summed E-state index contributed by atoms with van der Waals surface area (Å²) in [5, 5.41) is -0.162. The van der Waals surface area contributed by atoms with Crippen LogP contribution in [0.15, 0.2) is 47.6 Å². The average Bonchev–Trinajstić information content (AvgIpc) is 3.00. The molecule has 1 aromatic heterocycles. The number of nitrogens with zero attached hydrogens (tertiary/aromatic N) is 2. The van der Waals surface area contributed by atoms with E-state index >= 15 is 4.39 Å². The molecule has 2 heterocycles. The van der Waals surface area contributed by atoms with E-state index in [0.717, 1.165) is 9.87 Å². The van der Waals surface area contributed by atoms with Gasteiger partial charge in [0.05, 0.1) is 13.2 Å². The van der Waals surface area contributed by atoms with Crippen molar-refractivity contribution in [2.24, 2.45) is 0 Å². The van der Waals surface area contributed by atoms with Gasteiger partial charge in [0.25, 0.3) is 10.0 Å². The number of alkyl halides is 1. The maximum Gasteiger partial charge on any atom is 0.264 e. The fourth-order valence-corrected chi connectivity index (χ4v) is 4.59. The van der Waals surface area contributed by atoms with Crippen LogP contribution in [-0.2, 0) is 15.7 Å². The monoisotopic (exact) mass is 364 g/mol. The molecular formula is C18H21FN2O3S. The summed E-state index contributed by atoms with van der Waals surface area (Å²) in [4.78, 5) is 3.97. The van der Waals surface area contributed by atoms with Crippen LogP contribution in [0.3, 0.4) is 0 Å². The predicted octanol–water partition coefficient (Wildman–Crippen LogP) is 3.05. The van der Waals surface area contributed by atoms with Gasteiger partial charge in [0.2, 0.25) is 5.03 Å². The predicted molar refractivity (Wildman–Crippen MR) is 92.7 cm³/mol. The Balaban J connectivity index is 1.91. The van der Waals surface area contributed by atoms with Gasteiger partial charge in [-0.15, -0.1) is 0 Å². The van der Waals surface area contributed by atoms with Crippen molar-refractivity contribution in [3.8, 4) is 5.75 Å². The molecule has 5 nitrogen and oxygen atoms in total. The van der Waals surface area contributed by atoms with E-state index in [2.05, 4.69) is 4.98 Å². The van der Waals surface area contributed by atoms with E-state index in [-0.39, 0.29) is 30.3 Å². The minimum atomic E-state index is -3.92. The molecule has 1 fully saturated rings. The van der Waals surface area contributed by atoms with Crippen molar-refractivity contribution in [2.75, 3.05) is 19.7 Å². The lowest BCUT2D eigenvalue weighted by atomic mass is 9.94. The third-order valence-electron chi connectivity index (χ3n) is 4.34. The first-order chi connectivity index (χ1) is 11.9. The number of hydrogen-bond donors (Lipinski definition) is 0. The van der Waals surface area contributed by atoms with E-state index < -0.39 is 15.7 Å². The second-order valence-corrected chi connectivity index (χ2v) is 8.02. The first-order valence-electron chi connectivity index (χ1n) is 8.21. The van der Waals surface area contributed by atoms with Crippen molar-refractivity contribution >= 4 is 10.0 Å². The summed E-state index contributed by atoms with van der Waals surface area (Å²) >= 11 is 0. The van der Waals surface area contributed by atoms with Gasteiger partial charge in [-0.2, -0.15) is 4.31 Å². The number of halogens is 1. The lowest BCUT2D eigenvalue weighted by Crippen LogP contribution is -2.33. The second-order valence-electron chi connectivity index (χ2n) is 6.16. The summed E-state index contributed by atoms with van der Waals surface area (Å²) in [6.07, 6.45) is 1.52. The lowest BCUT2D eigenvalue weighted by Gasteiger charge is -2.22. The molecule has 134 valence electrons. The standard InChI is InChI=1S/C18H21FN2O3S/c1-3-24-16-8-5-10-20-17(16)25(22,23)21-11-9-18(19,13-21)15-7-4-6-14(2)12-15/h4-8,10,12H,3,9,11,13H2,1-2H3. The van der Waals surface area contributed by atoms with Crippen molar-refractivity contribution in [2.45, 2.75) is 31.0 Å². The third-order valence-corrected chi connectivity index (χ3v) is 6.13. The fraction of sp³-hybridized carbons (Fsp3) is 0.389. The molecule has 2 aromatic rings. The van der Waals surface area contributed by atoms with E-state index in [0.29, 0.717) is 12.2 Å². The van der Waals surface area contributed by atoms with E-state index in [4.69, 9.17) is 4.74 Å². The van der Waals surface area contributed by atoms with Crippen molar-refractivity contribution in [1.82, 2.24) is 9.29 Å². The van der Waals surface area contributed by atoms with Crippen LogP contribution in [0.5, 0.6) is 5.75 Å². The molecule has 0 bridgehead atoms. The Morgan fingerprint density at radius 2 is 2.12 bits per heavy atom. The molecule has 1 aliphatic rings. The number of rotatable bonds is 5. The first kappa shape index (κ1) is 17.8. The summed E-state index contributed by atoms with van der Waals surface area (Å²) in [7, 11) is -3.92. The quantitative estimate of drug-likeness (QED) is 0.818. The summed E-state index contributed by atoms with van der Waals surface area (Å²) in [6.45, 7) is 3.86. The molecule has 1 saturated heterocycles. The molecule has 1 unspecified atom stereocenters. The van der Waals surface area contributed by atoms with Crippen molar-refractivity contribution < 1.29 is 17.5 Å². The van der Waals surface area contributed by atoms with Crippen LogP contribution in [0, 0.1) is 6.92 Å². The zero-order chi connectivity index (χ0) is 18.1. The number of sulfonamides is 1. The number of pyridine rings is 1. The maximum absolute atomic E-state index is 15.4. The van der Waals surface area contributed by atoms with Crippen LogP contribution >= 0.6 is 0 Å². The Labute approximate surface area is 147 Å². The summed E-state index contributed by atoms with van der Waals surface area (Å²) < 4.78 is 47.8. The molecule has 7 heteroatoms. The molecule has 0 spiro atoms. The number of ether oxygens (including phenoxy) is 1. The highest BCUT2D eigenvalue weighted by Crippen LogP contribution is 2.39. The van der Waals surface area contributed by atoms with Crippen LogP contribution in [-0.4, -0.2) is 37.4 Å². The van der Waals surface area contributed by atoms with Gasteiger partial charge in [0.1, 0.15) is 0 Å². The van der Waals surface area contributed by atoms with Crippen LogP contribution in [0.2, 0.25) is 0 Å². The minimum Gasteiger partial charge on any atom is -0.491 e. The van der Waals surface area contributed by atoms with E-state index in [1.165, 1.54) is 6.20 Å². The smallest absolute Gasteiger partial charge is 0.264 e. The van der Waals surface area contributed by atoms with Crippen molar-refractivity contribution in [3.05, 3.63) is 53.7 Å². The van der Waals surface area contributed by atoms with Gasteiger partial charge in [-0.1, -0.05) is 29.8 Å². The van der Waals surface area contributed by atoms with Gasteiger partial charge >= 0.3 is 0 Å². The third kappa shape index (κ3) is 3.39. The number of aromatic nitrogens is 1. The van der Waals surface area contributed by atoms with Crippen LogP contribution in [0.1, 0.15) is 24.5 Å². The normalized spacial score (nSPS) is 21.4. The van der Waals surface area contributed by atoms with Gasteiger partial charge in [-0.3, -0.25) is 0 Å². The van der Waals surface area contributed by atoms with Gasteiger partial charge < -0.3 is 4.74 Å².